The molecule has 0 aliphatic carbocycles. The molecule has 8 heteroatoms. The summed E-state index contributed by atoms with van der Waals surface area (Å²) in [5, 5.41) is 0.850. The molecule has 0 aromatic heterocycles. The van der Waals surface area contributed by atoms with E-state index in [0.717, 1.165) is 5.56 Å². The van der Waals surface area contributed by atoms with Gasteiger partial charge < -0.3 is 9.47 Å². The first-order valence-corrected chi connectivity index (χ1v) is 9.64. The van der Waals surface area contributed by atoms with Crippen LogP contribution in [0.4, 0.5) is 0 Å². The van der Waals surface area contributed by atoms with Gasteiger partial charge in [-0.1, -0.05) is 35.9 Å². The third kappa shape index (κ3) is 4.45. The summed E-state index contributed by atoms with van der Waals surface area (Å²) in [5.41, 5.74) is 4.88. The third-order valence-corrected chi connectivity index (χ3v) is 5.36. The Kier molecular flexibility index (Phi) is 6.20. The first kappa shape index (κ1) is 19.8. The molecule has 0 spiro atoms. The largest absolute Gasteiger partial charge is 0.482 e. The predicted molar refractivity (Wildman–Crippen MR) is 105 cm³/mol. The van der Waals surface area contributed by atoms with Gasteiger partial charge in [-0.05, 0) is 25.1 Å². The molecule has 0 radical (unpaired) electrons. The topological polar surface area (TPSA) is 84.9 Å². The van der Waals surface area contributed by atoms with Crippen LogP contribution in [0.2, 0.25) is 0 Å². The van der Waals surface area contributed by atoms with Crippen LogP contribution >= 0.6 is 11.8 Å². The monoisotopic (exact) mass is 400 g/mol. The molecule has 1 fully saturated rings. The zero-order valence-electron chi connectivity index (χ0n) is 15.5. The van der Waals surface area contributed by atoms with Gasteiger partial charge in [0.15, 0.2) is 6.61 Å². The summed E-state index contributed by atoms with van der Waals surface area (Å²) >= 11 is 1.37. The number of rotatable bonds is 6. The zero-order chi connectivity index (χ0) is 20.1. The average molecular weight is 400 g/mol. The molecule has 1 saturated heterocycles. The van der Waals surface area contributed by atoms with E-state index >= 15 is 0 Å². The minimum absolute atomic E-state index is 0.210. The van der Waals surface area contributed by atoms with Crippen LogP contribution < -0.4 is 10.2 Å². The van der Waals surface area contributed by atoms with E-state index in [0.29, 0.717) is 16.9 Å². The van der Waals surface area contributed by atoms with Crippen molar-refractivity contribution in [2.45, 2.75) is 12.3 Å². The Balaban J connectivity index is 1.79. The van der Waals surface area contributed by atoms with Crippen molar-refractivity contribution in [3.05, 3.63) is 65.2 Å². The Morgan fingerprint density at radius 1 is 1.18 bits per heavy atom. The van der Waals surface area contributed by atoms with Crippen LogP contribution in [0.25, 0.3) is 0 Å². The second-order valence-electron chi connectivity index (χ2n) is 6.14. The number of hydrogen-bond donors (Lipinski definition) is 1. The molecule has 0 bridgehead atoms. The Hall–Kier alpha value is -3.00. The summed E-state index contributed by atoms with van der Waals surface area (Å²) in [6.07, 6.45) is 0. The lowest BCUT2D eigenvalue weighted by atomic mass is 10.1. The van der Waals surface area contributed by atoms with E-state index in [4.69, 9.17) is 4.74 Å². The minimum atomic E-state index is -0.505. The van der Waals surface area contributed by atoms with Gasteiger partial charge in [-0.15, -0.1) is 11.8 Å². The number of nitrogens with one attached hydrogen (secondary N) is 1. The summed E-state index contributed by atoms with van der Waals surface area (Å²) in [4.78, 5) is 36.3. The number of para-hydroxylation sites is 1. The van der Waals surface area contributed by atoms with Gasteiger partial charge in [0.25, 0.3) is 11.8 Å². The van der Waals surface area contributed by atoms with Gasteiger partial charge >= 0.3 is 5.97 Å². The normalized spacial score (nSPS) is 16.0. The molecule has 1 atom stereocenters. The van der Waals surface area contributed by atoms with Crippen molar-refractivity contribution < 1.29 is 23.9 Å². The first-order valence-electron chi connectivity index (χ1n) is 8.59. The lowest BCUT2D eigenvalue weighted by Crippen LogP contribution is -2.44. The van der Waals surface area contributed by atoms with Gasteiger partial charge in [0, 0.05) is 11.1 Å². The number of carbonyl (C=O) groups excluding carboxylic acids is 3. The number of hydrogen-bond acceptors (Lipinski definition) is 6. The van der Waals surface area contributed by atoms with Crippen molar-refractivity contribution in [2.24, 2.45) is 0 Å². The maximum Gasteiger partial charge on any atom is 0.343 e. The molecule has 1 N–H and O–H groups in total. The van der Waals surface area contributed by atoms with E-state index in [1.807, 2.05) is 25.1 Å². The standard InChI is InChI=1S/C20H20N2O5S/c1-13-7-9-14(10-8-13)19(25)21-22-17(23)12-28-20(22)15-5-3-4-6-16(15)27-11-18(24)26-2/h3-10,20H,11-12H2,1-2H3,(H,21,25). The van der Waals surface area contributed by atoms with E-state index in [2.05, 4.69) is 10.2 Å². The van der Waals surface area contributed by atoms with Crippen molar-refractivity contribution in [2.75, 3.05) is 19.5 Å². The molecule has 2 amide bonds. The van der Waals surface area contributed by atoms with Crippen molar-refractivity contribution in [1.29, 1.82) is 0 Å². The molecule has 2 aromatic rings. The van der Waals surface area contributed by atoms with E-state index < -0.39 is 11.3 Å². The number of ether oxygens (including phenoxy) is 2. The second-order valence-corrected chi connectivity index (χ2v) is 7.21. The molecule has 146 valence electrons. The molecule has 0 saturated carbocycles. The van der Waals surface area contributed by atoms with Crippen LogP contribution in [0.3, 0.4) is 0 Å². The highest BCUT2D eigenvalue weighted by Crippen LogP contribution is 2.41. The number of hydrazine groups is 1. The Morgan fingerprint density at radius 2 is 1.89 bits per heavy atom. The maximum atomic E-state index is 12.6. The van der Waals surface area contributed by atoms with Gasteiger partial charge in [-0.25, -0.2) is 9.80 Å². The molecule has 2 aromatic carbocycles. The van der Waals surface area contributed by atoms with E-state index in [9.17, 15) is 14.4 Å². The van der Waals surface area contributed by atoms with Crippen molar-refractivity contribution >= 4 is 29.5 Å². The third-order valence-electron chi connectivity index (χ3n) is 4.16. The number of thioether (sulfide) groups is 1. The molecule has 1 heterocycles. The van der Waals surface area contributed by atoms with Crippen molar-refractivity contribution in [3.63, 3.8) is 0 Å². The van der Waals surface area contributed by atoms with Crippen LogP contribution in [-0.4, -0.2) is 42.3 Å². The van der Waals surface area contributed by atoms with Gasteiger partial charge in [-0.2, -0.15) is 0 Å². The number of nitrogens with zero attached hydrogens (tertiary/aromatic N) is 1. The quantitative estimate of drug-likeness (QED) is 0.750. The molecular weight excluding hydrogens is 380 g/mol. The summed E-state index contributed by atoms with van der Waals surface area (Å²) in [7, 11) is 1.28. The highest BCUT2D eigenvalue weighted by molar-refractivity contribution is 8.00. The Labute approximate surface area is 167 Å². The number of carbonyl (C=O) groups is 3. The van der Waals surface area contributed by atoms with E-state index in [1.54, 1.807) is 30.3 Å². The Bertz CT molecular complexity index is 884. The molecule has 7 nitrogen and oxygen atoms in total. The number of amides is 2. The van der Waals surface area contributed by atoms with Gasteiger partial charge in [0.1, 0.15) is 11.1 Å². The fourth-order valence-corrected chi connectivity index (χ4v) is 3.80. The lowest BCUT2D eigenvalue weighted by molar-refractivity contribution is -0.143. The number of aryl methyl sites for hydroxylation is 1. The molecule has 3 rings (SSSR count). The zero-order valence-corrected chi connectivity index (χ0v) is 16.3. The molecule has 28 heavy (non-hydrogen) atoms. The van der Waals surface area contributed by atoms with Crippen LogP contribution in [0.5, 0.6) is 5.75 Å². The number of esters is 1. The average Bonchev–Trinajstić information content (AvgIpc) is 3.07. The van der Waals surface area contributed by atoms with Gasteiger partial charge in [0.05, 0.1) is 12.9 Å². The number of methoxy groups -OCH3 is 1. The fourth-order valence-electron chi connectivity index (χ4n) is 2.67. The minimum Gasteiger partial charge on any atom is -0.482 e. The molecule has 1 aliphatic heterocycles. The second kappa shape index (κ2) is 8.79. The highest BCUT2D eigenvalue weighted by atomic mass is 32.2. The predicted octanol–water partition coefficient (Wildman–Crippen LogP) is 2.47. The Morgan fingerprint density at radius 3 is 2.61 bits per heavy atom. The first-order chi connectivity index (χ1) is 13.5. The molecule has 1 aliphatic rings. The SMILES string of the molecule is COC(=O)COc1ccccc1C1SCC(=O)N1NC(=O)c1ccc(C)cc1. The summed E-state index contributed by atoms with van der Waals surface area (Å²) in [5.74, 6) is -0.402. The summed E-state index contributed by atoms with van der Waals surface area (Å²) < 4.78 is 10.1. The lowest BCUT2D eigenvalue weighted by Gasteiger charge is -2.26. The number of benzene rings is 2. The maximum absolute atomic E-state index is 12.6. The fraction of sp³-hybridized carbons (Fsp3) is 0.250. The van der Waals surface area contributed by atoms with Crippen LogP contribution in [0.15, 0.2) is 48.5 Å². The van der Waals surface area contributed by atoms with E-state index in [1.165, 1.54) is 23.9 Å². The van der Waals surface area contributed by atoms with Crippen LogP contribution in [-0.2, 0) is 14.3 Å². The highest BCUT2D eigenvalue weighted by Gasteiger charge is 2.36. The van der Waals surface area contributed by atoms with Gasteiger partial charge in [-0.3, -0.25) is 15.0 Å². The summed E-state index contributed by atoms with van der Waals surface area (Å²) in [6, 6.07) is 14.2. The molecule has 1 unspecified atom stereocenters. The van der Waals surface area contributed by atoms with Crippen LogP contribution in [0, 0.1) is 6.92 Å². The van der Waals surface area contributed by atoms with Crippen molar-refractivity contribution in [3.8, 4) is 5.75 Å². The van der Waals surface area contributed by atoms with Gasteiger partial charge in [0.2, 0.25) is 0 Å². The van der Waals surface area contributed by atoms with E-state index in [-0.39, 0.29) is 24.2 Å². The van der Waals surface area contributed by atoms with Crippen LogP contribution in [0.1, 0.15) is 26.9 Å². The van der Waals surface area contributed by atoms with Crippen molar-refractivity contribution in [1.82, 2.24) is 10.4 Å². The smallest absolute Gasteiger partial charge is 0.343 e. The molecular formula is C20H20N2O5S. The summed E-state index contributed by atoms with van der Waals surface area (Å²) in [6.45, 7) is 1.69.